The molecule has 32 heavy (non-hydrogen) atoms. The van der Waals surface area contributed by atoms with E-state index in [9.17, 15) is 9.18 Å². The number of nitrogens with zero attached hydrogens (tertiary/aromatic N) is 1. The van der Waals surface area contributed by atoms with Crippen molar-refractivity contribution in [3.8, 4) is 0 Å². The highest BCUT2D eigenvalue weighted by atomic mass is 35.5. The predicted octanol–water partition coefficient (Wildman–Crippen LogP) is 7.22. The minimum absolute atomic E-state index is 0.329. The summed E-state index contributed by atoms with van der Waals surface area (Å²) in [5, 5.41) is 4.93. The second-order valence-electron chi connectivity index (χ2n) is 6.71. The lowest BCUT2D eigenvalue weighted by Crippen LogP contribution is -2.07. The van der Waals surface area contributed by atoms with Gasteiger partial charge in [-0.05, 0) is 51.4 Å². The van der Waals surface area contributed by atoms with Gasteiger partial charge in [-0.15, -0.1) is 0 Å². The van der Waals surface area contributed by atoms with Gasteiger partial charge in [0.15, 0.2) is 0 Å². The molecule has 0 aliphatic carbocycles. The zero-order valence-corrected chi connectivity index (χ0v) is 20.7. The van der Waals surface area contributed by atoms with Crippen LogP contribution in [0.1, 0.15) is 38.3 Å². The Kier molecular flexibility index (Phi) is 13.2. The van der Waals surface area contributed by atoms with Gasteiger partial charge in [-0.1, -0.05) is 74.0 Å². The van der Waals surface area contributed by atoms with Crippen LogP contribution in [0.5, 0.6) is 0 Å². The zero-order valence-electron chi connectivity index (χ0n) is 19.2. The summed E-state index contributed by atoms with van der Waals surface area (Å²) in [6.45, 7) is 6.08. The van der Waals surface area contributed by atoms with Gasteiger partial charge in [0.2, 0.25) is 0 Å². The molecule has 0 radical (unpaired) electrons. The van der Waals surface area contributed by atoms with Gasteiger partial charge in [0.05, 0.1) is 11.4 Å². The number of thioether (sulfide) groups is 1. The normalized spacial score (nSPS) is 12.9. The van der Waals surface area contributed by atoms with Crippen molar-refractivity contribution in [2.24, 2.45) is 4.99 Å². The number of allylic oxidation sites excluding steroid dienone is 4. The summed E-state index contributed by atoms with van der Waals surface area (Å²) in [6.07, 6.45) is 7.18. The zero-order chi connectivity index (χ0) is 23.9. The predicted molar refractivity (Wildman–Crippen MR) is 137 cm³/mol. The van der Waals surface area contributed by atoms with Crippen molar-refractivity contribution < 1.29 is 9.18 Å². The molecule has 0 saturated carbocycles. The number of halogens is 2. The van der Waals surface area contributed by atoms with E-state index in [2.05, 4.69) is 24.2 Å². The Morgan fingerprint density at radius 3 is 2.41 bits per heavy atom. The van der Waals surface area contributed by atoms with Gasteiger partial charge in [-0.2, -0.15) is 0 Å². The lowest BCUT2D eigenvalue weighted by atomic mass is 10.0. The number of aldehydes is 1. The Balaban J connectivity index is 0.000000769. The molecule has 3 nitrogen and oxygen atoms in total. The van der Waals surface area contributed by atoms with Crippen molar-refractivity contribution in [3.05, 3.63) is 99.3 Å². The largest absolute Gasteiger partial charge is 0.323 e. The number of fused-ring (bicyclic) bond motifs is 1. The van der Waals surface area contributed by atoms with Crippen LogP contribution in [0.2, 0.25) is 5.02 Å². The molecule has 2 aromatic rings. The number of carbonyl (C=O) groups is 1. The van der Waals surface area contributed by atoms with Crippen molar-refractivity contribution in [2.45, 2.75) is 32.1 Å². The fraction of sp³-hybridized carbons (Fsp3) is 0.231. The molecule has 0 bridgehead atoms. The maximum atomic E-state index is 14.6. The molecule has 0 aromatic heterocycles. The number of hydrogen-bond donors (Lipinski definition) is 1. The van der Waals surface area contributed by atoms with Crippen LogP contribution in [0.4, 0.5) is 4.39 Å². The first-order valence-electron chi connectivity index (χ1n) is 10.3. The Bertz CT molecular complexity index is 1010. The van der Waals surface area contributed by atoms with Gasteiger partial charge in [-0.25, -0.2) is 9.38 Å². The molecule has 1 aliphatic heterocycles. The lowest BCUT2D eigenvalue weighted by Gasteiger charge is -2.10. The second kappa shape index (κ2) is 15.4. The fourth-order valence-corrected chi connectivity index (χ4v) is 3.52. The molecule has 0 atom stereocenters. The van der Waals surface area contributed by atoms with E-state index in [-0.39, 0.29) is 0 Å². The summed E-state index contributed by atoms with van der Waals surface area (Å²) in [5.74, 6) is -0.439. The van der Waals surface area contributed by atoms with Crippen molar-refractivity contribution in [2.75, 3.05) is 14.1 Å². The van der Waals surface area contributed by atoms with Gasteiger partial charge >= 0.3 is 0 Å². The maximum absolute atomic E-state index is 14.6. The molecule has 1 N–H and O–H groups in total. The SMILES string of the molecule is C/C=C\C(C=O)=C/C1=CSc2ccccc2C(c2ccc(Cl)cc2F)=N1.CCC.CNC. The highest BCUT2D eigenvalue weighted by Gasteiger charge is 2.18. The van der Waals surface area contributed by atoms with E-state index < -0.39 is 5.82 Å². The van der Waals surface area contributed by atoms with Crippen LogP contribution in [0, 0.1) is 5.82 Å². The van der Waals surface area contributed by atoms with Crippen LogP contribution in [0.25, 0.3) is 0 Å². The molecule has 2 aromatic carbocycles. The first-order valence-corrected chi connectivity index (χ1v) is 11.6. The Labute approximate surface area is 200 Å². The number of carbonyl (C=O) groups excluding carboxylic acids is 1. The monoisotopic (exact) mass is 472 g/mol. The molecule has 170 valence electrons. The number of nitrogens with one attached hydrogen (secondary N) is 1. The second-order valence-corrected chi connectivity index (χ2v) is 8.06. The first kappa shape index (κ1) is 27.6. The van der Waals surface area contributed by atoms with Crippen molar-refractivity contribution in [1.82, 2.24) is 5.32 Å². The van der Waals surface area contributed by atoms with Gasteiger partial charge in [0.25, 0.3) is 0 Å². The molecule has 1 aliphatic rings. The van der Waals surface area contributed by atoms with Crippen molar-refractivity contribution >= 4 is 35.4 Å². The number of hydrogen-bond acceptors (Lipinski definition) is 4. The van der Waals surface area contributed by atoms with E-state index in [1.54, 1.807) is 30.4 Å². The van der Waals surface area contributed by atoms with E-state index in [4.69, 9.17) is 11.6 Å². The van der Waals surface area contributed by atoms with Crippen LogP contribution < -0.4 is 5.32 Å². The van der Waals surface area contributed by atoms with Gasteiger partial charge in [-0.3, -0.25) is 4.79 Å². The van der Waals surface area contributed by atoms with Crippen LogP contribution in [0.15, 0.2) is 87.3 Å². The molecule has 1 heterocycles. The third-order valence-corrected chi connectivity index (χ3v) is 4.89. The summed E-state index contributed by atoms with van der Waals surface area (Å²) in [5.41, 5.74) is 2.77. The molecule has 6 heteroatoms. The van der Waals surface area contributed by atoms with Crippen molar-refractivity contribution in [3.63, 3.8) is 0 Å². The van der Waals surface area contributed by atoms with Gasteiger partial charge < -0.3 is 5.32 Å². The van der Waals surface area contributed by atoms with Crippen LogP contribution in [-0.4, -0.2) is 26.1 Å². The molecule has 0 fully saturated rings. The quantitative estimate of drug-likeness (QED) is 0.290. The maximum Gasteiger partial charge on any atom is 0.150 e. The molecular formula is C26H30ClFN2OS. The summed E-state index contributed by atoms with van der Waals surface area (Å²) >= 11 is 7.37. The van der Waals surface area contributed by atoms with E-state index >= 15 is 0 Å². The number of benzene rings is 2. The third kappa shape index (κ3) is 8.58. The highest BCUT2D eigenvalue weighted by molar-refractivity contribution is 8.02. The number of aliphatic imine (C=N–C) groups is 1. The highest BCUT2D eigenvalue weighted by Crippen LogP contribution is 2.32. The minimum atomic E-state index is -0.439. The Morgan fingerprint density at radius 1 is 1.16 bits per heavy atom. The topological polar surface area (TPSA) is 41.5 Å². The summed E-state index contributed by atoms with van der Waals surface area (Å²) in [4.78, 5) is 16.9. The van der Waals surface area contributed by atoms with E-state index in [0.717, 1.165) is 16.7 Å². The fourth-order valence-electron chi connectivity index (χ4n) is 2.54. The molecular weight excluding hydrogens is 443 g/mol. The average Bonchev–Trinajstić information content (AvgIpc) is 2.94. The standard InChI is InChI=1S/C21H15ClFNOS.C3H8.C2H7N/c1-2-5-14(12-25)10-16-13-26-20-7-4-3-6-18(20)21(24-16)17-9-8-15(22)11-19(17)23;2*1-3-2/h2-13H,1H3;3H2,1-2H3;3H,1-2H3/b5-2-,14-10+;;. The average molecular weight is 473 g/mol. The van der Waals surface area contributed by atoms with Crippen molar-refractivity contribution in [1.29, 1.82) is 0 Å². The molecule has 0 amide bonds. The molecule has 3 rings (SSSR count). The Morgan fingerprint density at radius 2 is 1.81 bits per heavy atom. The summed E-state index contributed by atoms with van der Waals surface area (Å²) in [6, 6.07) is 12.2. The Hall–Kier alpha value is -2.47. The van der Waals surface area contributed by atoms with Crippen LogP contribution >= 0.6 is 23.4 Å². The molecule has 0 unspecified atom stereocenters. The van der Waals surface area contributed by atoms with E-state index in [0.29, 0.717) is 27.6 Å². The molecule has 0 spiro atoms. The smallest absolute Gasteiger partial charge is 0.150 e. The minimum Gasteiger partial charge on any atom is -0.323 e. The van der Waals surface area contributed by atoms with Gasteiger partial charge in [0.1, 0.15) is 12.1 Å². The third-order valence-electron chi connectivity index (χ3n) is 3.69. The summed E-state index contributed by atoms with van der Waals surface area (Å²) < 4.78 is 14.6. The first-order chi connectivity index (χ1) is 15.4. The van der Waals surface area contributed by atoms with Crippen LogP contribution in [0.3, 0.4) is 0 Å². The van der Waals surface area contributed by atoms with E-state index in [1.807, 2.05) is 50.7 Å². The van der Waals surface area contributed by atoms with Crippen LogP contribution in [-0.2, 0) is 4.79 Å². The number of rotatable bonds is 4. The lowest BCUT2D eigenvalue weighted by molar-refractivity contribution is -0.104. The van der Waals surface area contributed by atoms with E-state index in [1.165, 1.54) is 24.2 Å². The van der Waals surface area contributed by atoms with Gasteiger partial charge in [0, 0.05) is 32.0 Å². The molecule has 0 saturated heterocycles. The summed E-state index contributed by atoms with van der Waals surface area (Å²) in [7, 11) is 3.75.